The summed E-state index contributed by atoms with van der Waals surface area (Å²) < 4.78 is 0. The lowest BCUT2D eigenvalue weighted by Gasteiger charge is -2.08. The largest absolute Gasteiger partial charge is 0.239 e. The first kappa shape index (κ1) is 10.6. The molecule has 0 aromatic rings. The third-order valence-corrected chi connectivity index (χ3v) is 7.41. The standard InChI is InChI=1S/C3H8Cl4Si2/c1-3(9(6)7)2-8(4)5/h3,8-9H,2H2,1H3. The Kier molecular flexibility index (Phi) is 6.20. The molecule has 0 radical (unpaired) electrons. The quantitative estimate of drug-likeness (QED) is 0.527. The first-order valence-electron chi connectivity index (χ1n) is 2.60. The molecule has 0 saturated carbocycles. The zero-order chi connectivity index (χ0) is 7.44. The van der Waals surface area contributed by atoms with Gasteiger partial charge in [-0.25, -0.2) is 0 Å². The van der Waals surface area contributed by atoms with Gasteiger partial charge in [0.25, 0.3) is 0 Å². The second kappa shape index (κ2) is 5.27. The van der Waals surface area contributed by atoms with Crippen LogP contribution in [-0.2, 0) is 0 Å². The fraction of sp³-hybridized carbons (Fsp3) is 1.00. The van der Waals surface area contributed by atoms with Crippen LogP contribution in [0.1, 0.15) is 6.92 Å². The molecule has 0 amide bonds. The Balaban J connectivity index is 3.38. The van der Waals surface area contributed by atoms with Gasteiger partial charge in [-0.2, -0.15) is 44.3 Å². The van der Waals surface area contributed by atoms with Gasteiger partial charge in [0.1, 0.15) is 0 Å². The zero-order valence-electron chi connectivity index (χ0n) is 4.95. The van der Waals surface area contributed by atoms with Crippen LogP contribution in [0.15, 0.2) is 0 Å². The van der Waals surface area contributed by atoms with Crippen molar-refractivity contribution in [3.05, 3.63) is 0 Å². The third-order valence-electron chi connectivity index (χ3n) is 0.980. The van der Waals surface area contributed by atoms with E-state index in [1.54, 1.807) is 0 Å². The van der Waals surface area contributed by atoms with Crippen molar-refractivity contribution in [2.24, 2.45) is 0 Å². The van der Waals surface area contributed by atoms with E-state index in [9.17, 15) is 0 Å². The molecule has 9 heavy (non-hydrogen) atoms. The maximum absolute atomic E-state index is 5.68. The molecular weight excluding hydrogens is 234 g/mol. The Bertz CT molecular complexity index is 76.2. The van der Waals surface area contributed by atoms with Crippen LogP contribution >= 0.6 is 44.3 Å². The molecule has 0 bridgehead atoms. The van der Waals surface area contributed by atoms with Gasteiger partial charge in [0, 0.05) is 0 Å². The van der Waals surface area contributed by atoms with Crippen LogP contribution in [0.4, 0.5) is 0 Å². The third kappa shape index (κ3) is 6.01. The van der Waals surface area contributed by atoms with Gasteiger partial charge in [-0.3, -0.25) is 0 Å². The Labute approximate surface area is 77.5 Å². The molecule has 56 valence electrons. The van der Waals surface area contributed by atoms with E-state index < -0.39 is 14.8 Å². The molecule has 0 aliphatic carbocycles. The van der Waals surface area contributed by atoms with Crippen molar-refractivity contribution in [3.8, 4) is 0 Å². The summed E-state index contributed by atoms with van der Waals surface area (Å²) in [6.45, 7) is 2.00. The summed E-state index contributed by atoms with van der Waals surface area (Å²) in [5.41, 5.74) is 0.361. The predicted octanol–water partition coefficient (Wildman–Crippen LogP) is 2.77. The average molecular weight is 242 g/mol. The molecule has 0 nitrogen and oxygen atoms in total. The summed E-state index contributed by atoms with van der Waals surface area (Å²) in [7, 11) is -2.98. The Morgan fingerprint density at radius 1 is 1.22 bits per heavy atom. The predicted molar refractivity (Wildman–Crippen MR) is 51.9 cm³/mol. The molecule has 0 saturated heterocycles. The van der Waals surface area contributed by atoms with Gasteiger partial charge in [-0.15, -0.1) is 0 Å². The minimum Gasteiger partial charge on any atom is -0.150 e. The lowest BCUT2D eigenvalue weighted by atomic mass is 10.6. The van der Waals surface area contributed by atoms with Gasteiger partial charge < -0.3 is 0 Å². The molecule has 0 aliphatic heterocycles. The lowest BCUT2D eigenvalue weighted by Crippen LogP contribution is -2.07. The van der Waals surface area contributed by atoms with Gasteiger partial charge in [0.2, 0.25) is 14.8 Å². The van der Waals surface area contributed by atoms with Crippen molar-refractivity contribution in [2.75, 3.05) is 0 Å². The maximum Gasteiger partial charge on any atom is 0.239 e. The van der Waals surface area contributed by atoms with E-state index >= 15 is 0 Å². The fourth-order valence-electron chi connectivity index (χ4n) is 0.384. The SMILES string of the molecule is CC(C[SiH](Cl)Cl)[SiH](Cl)Cl. The Morgan fingerprint density at radius 2 is 1.67 bits per heavy atom. The van der Waals surface area contributed by atoms with E-state index in [4.69, 9.17) is 44.3 Å². The van der Waals surface area contributed by atoms with E-state index in [2.05, 4.69) is 0 Å². The normalized spacial score (nSPS) is 15.0. The molecule has 1 atom stereocenters. The van der Waals surface area contributed by atoms with Gasteiger partial charge in [-0.1, -0.05) is 6.92 Å². The van der Waals surface area contributed by atoms with Crippen LogP contribution in [-0.4, -0.2) is 14.8 Å². The molecule has 6 heteroatoms. The molecule has 0 heterocycles. The van der Waals surface area contributed by atoms with Crippen LogP contribution < -0.4 is 0 Å². The number of rotatable bonds is 3. The van der Waals surface area contributed by atoms with Crippen LogP contribution in [0.3, 0.4) is 0 Å². The van der Waals surface area contributed by atoms with Crippen LogP contribution in [0.25, 0.3) is 0 Å². The summed E-state index contributed by atoms with van der Waals surface area (Å²) in [5.74, 6) is 0. The van der Waals surface area contributed by atoms with Crippen LogP contribution in [0.2, 0.25) is 11.6 Å². The topological polar surface area (TPSA) is 0 Å². The summed E-state index contributed by atoms with van der Waals surface area (Å²) in [6, 6.07) is 0.840. The van der Waals surface area contributed by atoms with E-state index in [-0.39, 0.29) is 0 Å². The van der Waals surface area contributed by atoms with E-state index in [1.807, 2.05) is 6.92 Å². The van der Waals surface area contributed by atoms with E-state index in [0.717, 1.165) is 6.04 Å². The summed E-state index contributed by atoms with van der Waals surface area (Å²) in [4.78, 5) is 0. The molecule has 0 N–H and O–H groups in total. The van der Waals surface area contributed by atoms with Crippen molar-refractivity contribution < 1.29 is 0 Å². The lowest BCUT2D eigenvalue weighted by molar-refractivity contribution is 1.06. The zero-order valence-corrected chi connectivity index (χ0v) is 10.3. The number of halogens is 4. The van der Waals surface area contributed by atoms with Crippen LogP contribution in [0.5, 0.6) is 0 Å². The smallest absolute Gasteiger partial charge is 0.150 e. The molecule has 0 fully saturated rings. The number of hydrogen-bond acceptors (Lipinski definition) is 0. The van der Waals surface area contributed by atoms with Crippen LogP contribution in [0, 0.1) is 0 Å². The Hall–Kier alpha value is 1.59. The van der Waals surface area contributed by atoms with E-state index in [0.29, 0.717) is 5.54 Å². The molecule has 1 unspecified atom stereocenters. The molecule has 0 aliphatic rings. The van der Waals surface area contributed by atoms with E-state index in [1.165, 1.54) is 0 Å². The second-order valence-electron chi connectivity index (χ2n) is 1.94. The van der Waals surface area contributed by atoms with Crippen molar-refractivity contribution in [1.82, 2.24) is 0 Å². The van der Waals surface area contributed by atoms with Crippen molar-refractivity contribution in [2.45, 2.75) is 18.5 Å². The molecule has 0 aromatic carbocycles. The molecule has 0 spiro atoms. The molecule has 0 rings (SSSR count). The minimum atomic E-state index is -1.51. The highest BCUT2D eigenvalue weighted by Crippen LogP contribution is 2.24. The Morgan fingerprint density at radius 3 is 1.78 bits per heavy atom. The van der Waals surface area contributed by atoms with Gasteiger partial charge in [-0.05, 0) is 11.6 Å². The highest BCUT2D eigenvalue weighted by Gasteiger charge is 2.17. The van der Waals surface area contributed by atoms with Gasteiger partial charge in [0.05, 0.1) is 0 Å². The first-order chi connectivity index (χ1) is 4.04. The summed E-state index contributed by atoms with van der Waals surface area (Å²) >= 11 is 22.6. The minimum absolute atomic E-state index is 0.361. The number of hydrogen-bond donors (Lipinski definition) is 0. The highest BCUT2D eigenvalue weighted by atomic mass is 35.7. The van der Waals surface area contributed by atoms with Crippen molar-refractivity contribution >= 4 is 59.1 Å². The molecule has 0 aromatic heterocycles. The van der Waals surface area contributed by atoms with Crippen molar-refractivity contribution in [3.63, 3.8) is 0 Å². The second-order valence-corrected chi connectivity index (χ2v) is 12.3. The van der Waals surface area contributed by atoms with Gasteiger partial charge >= 0.3 is 0 Å². The average Bonchev–Trinajstić information content (AvgIpc) is 1.63. The fourth-order valence-corrected chi connectivity index (χ4v) is 7.16. The monoisotopic (exact) mass is 240 g/mol. The first-order valence-corrected chi connectivity index (χ1v) is 11.1. The maximum atomic E-state index is 5.68. The summed E-state index contributed by atoms with van der Waals surface area (Å²) in [5, 5.41) is 0. The summed E-state index contributed by atoms with van der Waals surface area (Å²) in [6.07, 6.45) is 0. The highest BCUT2D eigenvalue weighted by molar-refractivity contribution is 7.37. The molecular formula is C3H8Cl4Si2. The van der Waals surface area contributed by atoms with Gasteiger partial charge in [0.15, 0.2) is 0 Å². The van der Waals surface area contributed by atoms with Crippen molar-refractivity contribution in [1.29, 1.82) is 0 Å².